The molecule has 1 amide bonds. The maximum atomic E-state index is 11.9. The van der Waals surface area contributed by atoms with E-state index in [1.54, 1.807) is 0 Å². The summed E-state index contributed by atoms with van der Waals surface area (Å²) in [6.45, 7) is 4.03. The zero-order valence-corrected chi connectivity index (χ0v) is 9.48. The van der Waals surface area contributed by atoms with Crippen molar-refractivity contribution in [3.8, 4) is 0 Å². The van der Waals surface area contributed by atoms with Crippen molar-refractivity contribution in [1.29, 1.82) is 0 Å². The van der Waals surface area contributed by atoms with Crippen molar-refractivity contribution in [3.63, 3.8) is 0 Å². The fourth-order valence-corrected chi connectivity index (χ4v) is 2.02. The van der Waals surface area contributed by atoms with E-state index in [9.17, 15) is 4.79 Å². The highest BCUT2D eigenvalue weighted by atomic mass is 35.5. The van der Waals surface area contributed by atoms with Gasteiger partial charge < -0.3 is 10.2 Å². The van der Waals surface area contributed by atoms with Crippen LogP contribution in [0.4, 0.5) is 0 Å². The lowest BCUT2D eigenvalue weighted by Gasteiger charge is -2.33. The first-order chi connectivity index (χ1) is 6.33. The lowest BCUT2D eigenvalue weighted by Crippen LogP contribution is -2.55. The van der Waals surface area contributed by atoms with Crippen LogP contribution in [0, 0.1) is 0 Å². The van der Waals surface area contributed by atoms with Crippen molar-refractivity contribution in [2.24, 2.45) is 0 Å². The molecule has 0 aromatic carbocycles. The summed E-state index contributed by atoms with van der Waals surface area (Å²) in [7, 11) is 0. The van der Waals surface area contributed by atoms with Gasteiger partial charge in [0.15, 0.2) is 0 Å². The number of piperazine rings is 1. The van der Waals surface area contributed by atoms with E-state index in [-0.39, 0.29) is 18.4 Å². The predicted molar refractivity (Wildman–Crippen MR) is 58.7 cm³/mol. The zero-order valence-electron chi connectivity index (χ0n) is 8.66. The number of nitrogens with zero attached hydrogens (tertiary/aromatic N) is 1. The molecule has 1 aliphatic carbocycles. The van der Waals surface area contributed by atoms with Crippen LogP contribution in [0.15, 0.2) is 0 Å². The largest absolute Gasteiger partial charge is 0.337 e. The second kappa shape index (κ2) is 4.99. The van der Waals surface area contributed by atoms with Crippen LogP contribution in [0.1, 0.15) is 32.6 Å². The van der Waals surface area contributed by atoms with Gasteiger partial charge in [-0.3, -0.25) is 4.79 Å². The number of halogens is 1. The lowest BCUT2D eigenvalue weighted by molar-refractivity contribution is -0.136. The van der Waals surface area contributed by atoms with Crippen LogP contribution in [0.5, 0.6) is 0 Å². The van der Waals surface area contributed by atoms with Crippen molar-refractivity contribution in [2.75, 3.05) is 13.1 Å². The Labute approximate surface area is 91.6 Å². The maximum Gasteiger partial charge on any atom is 0.239 e. The van der Waals surface area contributed by atoms with Crippen molar-refractivity contribution in [1.82, 2.24) is 10.2 Å². The van der Waals surface area contributed by atoms with Crippen LogP contribution in [0.25, 0.3) is 0 Å². The Morgan fingerprint density at radius 3 is 2.79 bits per heavy atom. The second-order valence-electron chi connectivity index (χ2n) is 4.06. The number of hydrogen-bond acceptors (Lipinski definition) is 2. The highest BCUT2D eigenvalue weighted by molar-refractivity contribution is 5.85. The van der Waals surface area contributed by atoms with E-state index < -0.39 is 0 Å². The first-order valence-electron chi connectivity index (χ1n) is 5.36. The van der Waals surface area contributed by atoms with Gasteiger partial charge in [0, 0.05) is 19.1 Å². The molecule has 1 unspecified atom stereocenters. The number of carbonyl (C=O) groups is 1. The Morgan fingerprint density at radius 2 is 2.21 bits per heavy atom. The van der Waals surface area contributed by atoms with Crippen LogP contribution >= 0.6 is 12.4 Å². The highest BCUT2D eigenvalue weighted by Gasteiger charge is 2.37. The number of nitrogens with one attached hydrogen (secondary N) is 1. The molecule has 2 fully saturated rings. The summed E-state index contributed by atoms with van der Waals surface area (Å²) < 4.78 is 0. The van der Waals surface area contributed by atoms with Gasteiger partial charge in [0.1, 0.15) is 0 Å². The molecule has 0 radical (unpaired) electrons. The SMILES string of the molecule is CCCC1NCCN(C2CC2)C1=O.Cl. The summed E-state index contributed by atoms with van der Waals surface area (Å²) >= 11 is 0. The van der Waals surface area contributed by atoms with Gasteiger partial charge in [-0.05, 0) is 19.3 Å². The van der Waals surface area contributed by atoms with Gasteiger partial charge in [-0.15, -0.1) is 12.4 Å². The Hall–Kier alpha value is -0.280. The quantitative estimate of drug-likeness (QED) is 0.772. The minimum absolute atomic E-state index is 0. The van der Waals surface area contributed by atoms with Gasteiger partial charge in [0.05, 0.1) is 6.04 Å². The summed E-state index contributed by atoms with van der Waals surface area (Å²) in [5, 5.41) is 3.29. The average molecular weight is 219 g/mol. The molecule has 4 heteroatoms. The normalized spacial score (nSPS) is 27.4. The fourth-order valence-electron chi connectivity index (χ4n) is 2.02. The van der Waals surface area contributed by atoms with Crippen molar-refractivity contribution in [2.45, 2.75) is 44.7 Å². The third kappa shape index (κ3) is 2.39. The van der Waals surface area contributed by atoms with Crippen LogP contribution in [0.3, 0.4) is 0 Å². The van der Waals surface area contributed by atoms with E-state index in [1.165, 1.54) is 12.8 Å². The van der Waals surface area contributed by atoms with Crippen LogP contribution in [-0.2, 0) is 4.79 Å². The Balaban J connectivity index is 0.000000980. The topological polar surface area (TPSA) is 32.3 Å². The molecule has 1 saturated heterocycles. The smallest absolute Gasteiger partial charge is 0.239 e. The molecule has 1 heterocycles. The molecule has 1 saturated carbocycles. The molecule has 2 aliphatic rings. The highest BCUT2D eigenvalue weighted by Crippen LogP contribution is 2.28. The minimum Gasteiger partial charge on any atom is -0.337 e. The molecule has 0 aromatic rings. The van der Waals surface area contributed by atoms with Gasteiger partial charge in [-0.2, -0.15) is 0 Å². The monoisotopic (exact) mass is 218 g/mol. The van der Waals surface area contributed by atoms with Gasteiger partial charge in [0.25, 0.3) is 0 Å². The molecule has 0 aromatic heterocycles. The molecule has 14 heavy (non-hydrogen) atoms. The number of rotatable bonds is 3. The van der Waals surface area contributed by atoms with Crippen LogP contribution in [0.2, 0.25) is 0 Å². The fraction of sp³-hybridized carbons (Fsp3) is 0.900. The summed E-state index contributed by atoms with van der Waals surface area (Å²) in [6, 6.07) is 0.702. The first-order valence-corrected chi connectivity index (χ1v) is 5.36. The van der Waals surface area contributed by atoms with E-state index in [2.05, 4.69) is 17.1 Å². The molecule has 3 nitrogen and oxygen atoms in total. The van der Waals surface area contributed by atoms with Gasteiger partial charge in [-0.1, -0.05) is 13.3 Å². The molecule has 1 N–H and O–H groups in total. The lowest BCUT2D eigenvalue weighted by atomic mass is 10.1. The molecular formula is C10H19ClN2O. The molecule has 82 valence electrons. The minimum atomic E-state index is 0. The van der Waals surface area contributed by atoms with Crippen LogP contribution < -0.4 is 5.32 Å². The Kier molecular flexibility index (Phi) is 4.20. The average Bonchev–Trinajstić information content (AvgIpc) is 2.92. The van der Waals surface area contributed by atoms with E-state index in [0.29, 0.717) is 11.9 Å². The Bertz CT molecular complexity index is 204. The number of hydrogen-bond donors (Lipinski definition) is 1. The molecule has 0 bridgehead atoms. The molecule has 2 rings (SSSR count). The summed E-state index contributed by atoms with van der Waals surface area (Å²) in [4.78, 5) is 13.9. The molecule has 1 atom stereocenters. The molecular weight excluding hydrogens is 200 g/mol. The third-order valence-corrected chi connectivity index (χ3v) is 2.89. The number of carbonyl (C=O) groups excluding carboxylic acids is 1. The summed E-state index contributed by atoms with van der Waals surface area (Å²) in [5.41, 5.74) is 0. The van der Waals surface area contributed by atoms with E-state index in [0.717, 1.165) is 25.9 Å². The molecule has 0 spiro atoms. The third-order valence-electron chi connectivity index (χ3n) is 2.89. The Morgan fingerprint density at radius 1 is 1.50 bits per heavy atom. The van der Waals surface area contributed by atoms with E-state index in [1.807, 2.05) is 0 Å². The van der Waals surface area contributed by atoms with Crippen molar-refractivity contribution >= 4 is 18.3 Å². The van der Waals surface area contributed by atoms with Crippen molar-refractivity contribution in [3.05, 3.63) is 0 Å². The second-order valence-corrected chi connectivity index (χ2v) is 4.06. The predicted octanol–water partition coefficient (Wildman–Crippen LogP) is 1.17. The summed E-state index contributed by atoms with van der Waals surface area (Å²) in [5.74, 6) is 0.343. The van der Waals surface area contributed by atoms with Crippen LogP contribution in [-0.4, -0.2) is 36.0 Å². The zero-order chi connectivity index (χ0) is 9.26. The standard InChI is InChI=1S/C10H18N2O.ClH/c1-2-3-9-10(13)12(7-6-11-9)8-4-5-8;/h8-9,11H,2-7H2,1H3;1H. The number of amides is 1. The van der Waals surface area contributed by atoms with E-state index >= 15 is 0 Å². The maximum absolute atomic E-state index is 11.9. The summed E-state index contributed by atoms with van der Waals surface area (Å²) in [6.07, 6.45) is 4.53. The van der Waals surface area contributed by atoms with Gasteiger partial charge in [0.2, 0.25) is 5.91 Å². The first kappa shape index (κ1) is 11.8. The van der Waals surface area contributed by atoms with Crippen molar-refractivity contribution < 1.29 is 4.79 Å². The van der Waals surface area contributed by atoms with Gasteiger partial charge in [-0.25, -0.2) is 0 Å². The van der Waals surface area contributed by atoms with E-state index in [4.69, 9.17) is 0 Å². The molecule has 1 aliphatic heterocycles. The van der Waals surface area contributed by atoms with Gasteiger partial charge >= 0.3 is 0 Å².